The van der Waals surface area contributed by atoms with Crippen LogP contribution in [-0.2, 0) is 0 Å². The Kier molecular flexibility index (Phi) is 5.92. The second kappa shape index (κ2) is 10.8. The Hall–Kier alpha value is -6.91. The van der Waals surface area contributed by atoms with Crippen LogP contribution in [0.3, 0.4) is 0 Å². The van der Waals surface area contributed by atoms with E-state index in [1.54, 1.807) is 0 Å². The molecule has 0 unspecified atom stereocenters. The molecule has 0 aliphatic rings. The summed E-state index contributed by atoms with van der Waals surface area (Å²) < 4.78 is 7.08. The largest absolute Gasteiger partial charge is 0.309 e. The minimum absolute atomic E-state index is 0.900. The maximum atomic E-state index is 5.38. The first-order valence-electron chi connectivity index (χ1n) is 17.4. The van der Waals surface area contributed by atoms with E-state index >= 15 is 0 Å². The normalized spacial score (nSPS) is 11.9. The summed E-state index contributed by atoms with van der Waals surface area (Å²) in [5.74, 6) is 0.900. The van der Waals surface area contributed by atoms with Crippen LogP contribution in [0.2, 0.25) is 0 Å². The smallest absolute Gasteiger partial charge is 0.138 e. The van der Waals surface area contributed by atoms with Crippen molar-refractivity contribution in [3.05, 3.63) is 182 Å². The molecule has 11 rings (SSSR count). The lowest BCUT2D eigenvalue weighted by Crippen LogP contribution is -1.98. The fourth-order valence-electron chi connectivity index (χ4n) is 8.23. The molecule has 0 radical (unpaired) electrons. The maximum absolute atomic E-state index is 5.38. The highest BCUT2D eigenvalue weighted by Gasteiger charge is 2.19. The molecule has 4 heteroatoms. The van der Waals surface area contributed by atoms with E-state index in [0.29, 0.717) is 0 Å². The van der Waals surface area contributed by atoms with E-state index in [9.17, 15) is 0 Å². The van der Waals surface area contributed by atoms with Crippen molar-refractivity contribution in [2.75, 3.05) is 0 Å². The molecule has 0 saturated carbocycles. The average molecular weight is 651 g/mol. The quantitative estimate of drug-likeness (QED) is 0.186. The predicted octanol–water partition coefficient (Wildman–Crippen LogP) is 12.0. The van der Waals surface area contributed by atoms with Gasteiger partial charge in [0.15, 0.2) is 0 Å². The molecule has 0 aliphatic heterocycles. The highest BCUT2D eigenvalue weighted by molar-refractivity contribution is 6.19. The fourth-order valence-corrected chi connectivity index (χ4v) is 8.23. The van der Waals surface area contributed by atoms with Crippen molar-refractivity contribution in [1.82, 2.24) is 18.7 Å². The molecule has 0 amide bonds. The highest BCUT2D eigenvalue weighted by Crippen LogP contribution is 2.40. The van der Waals surface area contributed by atoms with Crippen molar-refractivity contribution >= 4 is 65.4 Å². The van der Waals surface area contributed by atoms with E-state index < -0.39 is 0 Å². The zero-order valence-electron chi connectivity index (χ0n) is 27.6. The molecule has 4 heterocycles. The molecule has 7 aromatic carbocycles. The van der Waals surface area contributed by atoms with Gasteiger partial charge in [-0.15, -0.1) is 0 Å². The Bertz CT molecular complexity index is 3130. The van der Waals surface area contributed by atoms with Gasteiger partial charge < -0.3 is 9.13 Å². The standard InChI is InChI=1S/C47H30N4/c1-3-14-32(15-4-1)49-41-22-10-7-18-34(41)37-28-31(26-27-44(37)49)40-21-13-25-47(48-40)51-43-24-12-9-20-36(43)39-29-45-38(30-46(39)51)35-19-8-11-23-42(35)50(45)33-16-5-2-6-17-33/h1-30H. The topological polar surface area (TPSA) is 27.7 Å². The molecule has 4 aromatic heterocycles. The lowest BCUT2D eigenvalue weighted by molar-refractivity contribution is 1.08. The number of hydrogen-bond donors (Lipinski definition) is 0. The Morgan fingerprint density at radius 1 is 0.294 bits per heavy atom. The lowest BCUT2D eigenvalue weighted by Gasteiger charge is -2.11. The molecular formula is C47H30N4. The lowest BCUT2D eigenvalue weighted by atomic mass is 10.1. The van der Waals surface area contributed by atoms with E-state index in [-0.39, 0.29) is 0 Å². The minimum Gasteiger partial charge on any atom is -0.309 e. The number of nitrogens with zero attached hydrogens (tertiary/aromatic N) is 4. The highest BCUT2D eigenvalue weighted by atomic mass is 15.1. The predicted molar refractivity (Wildman–Crippen MR) is 213 cm³/mol. The van der Waals surface area contributed by atoms with Crippen molar-refractivity contribution in [1.29, 1.82) is 0 Å². The molecule has 0 spiro atoms. The molecule has 0 N–H and O–H groups in total. The number of rotatable bonds is 4. The van der Waals surface area contributed by atoms with Gasteiger partial charge in [-0.25, -0.2) is 4.98 Å². The summed E-state index contributed by atoms with van der Waals surface area (Å²) in [6.45, 7) is 0. The number of pyridine rings is 1. The van der Waals surface area contributed by atoms with E-state index in [1.807, 2.05) is 0 Å². The minimum atomic E-state index is 0.900. The summed E-state index contributed by atoms with van der Waals surface area (Å²) in [6, 6.07) is 65.2. The molecule has 0 fully saturated rings. The van der Waals surface area contributed by atoms with Crippen LogP contribution in [0.15, 0.2) is 182 Å². The van der Waals surface area contributed by atoms with Crippen LogP contribution in [0.5, 0.6) is 0 Å². The summed E-state index contributed by atoms with van der Waals surface area (Å²) in [4.78, 5) is 5.38. The molecule has 51 heavy (non-hydrogen) atoms. The van der Waals surface area contributed by atoms with Crippen molar-refractivity contribution in [2.45, 2.75) is 0 Å². The van der Waals surface area contributed by atoms with Crippen LogP contribution < -0.4 is 0 Å². The SMILES string of the molecule is c1ccc(-n2c3ccccc3c3cc(-c4cccc(-n5c6ccccc6c6cc7c(cc65)c5ccccc5n7-c5ccccc5)n4)ccc32)cc1. The third-order valence-corrected chi connectivity index (χ3v) is 10.4. The van der Waals surface area contributed by atoms with Crippen molar-refractivity contribution in [2.24, 2.45) is 0 Å². The van der Waals surface area contributed by atoms with Crippen LogP contribution in [0.25, 0.3) is 93.9 Å². The van der Waals surface area contributed by atoms with Gasteiger partial charge >= 0.3 is 0 Å². The molecular weight excluding hydrogens is 621 g/mol. The molecule has 11 aromatic rings. The molecule has 0 saturated heterocycles. The van der Waals surface area contributed by atoms with Gasteiger partial charge in [-0.1, -0.05) is 103 Å². The molecule has 0 aliphatic carbocycles. The number of aromatic nitrogens is 4. The summed E-state index contributed by atoms with van der Waals surface area (Å²) >= 11 is 0. The molecule has 0 bridgehead atoms. The summed E-state index contributed by atoms with van der Waals surface area (Å²) in [6.07, 6.45) is 0. The van der Waals surface area contributed by atoms with Gasteiger partial charge in [0.1, 0.15) is 5.82 Å². The zero-order chi connectivity index (χ0) is 33.5. The molecule has 238 valence electrons. The van der Waals surface area contributed by atoms with E-state index in [1.165, 1.54) is 54.4 Å². The first-order chi connectivity index (χ1) is 25.3. The maximum Gasteiger partial charge on any atom is 0.138 e. The van der Waals surface area contributed by atoms with Crippen LogP contribution in [0, 0.1) is 0 Å². The van der Waals surface area contributed by atoms with Crippen molar-refractivity contribution in [3.8, 4) is 28.5 Å². The van der Waals surface area contributed by atoms with E-state index in [0.717, 1.165) is 39.5 Å². The summed E-state index contributed by atoms with van der Waals surface area (Å²) in [5.41, 5.74) is 11.4. The van der Waals surface area contributed by atoms with Crippen molar-refractivity contribution in [3.63, 3.8) is 0 Å². The molecule has 0 atom stereocenters. The number of fused-ring (bicyclic) bond motifs is 9. The average Bonchev–Trinajstić information content (AvgIpc) is 3.83. The van der Waals surface area contributed by atoms with Gasteiger partial charge in [0, 0.05) is 49.3 Å². The van der Waals surface area contributed by atoms with Gasteiger partial charge in [0.05, 0.1) is 38.8 Å². The number of para-hydroxylation sites is 5. The first kappa shape index (κ1) is 28.0. The Labute approximate surface area is 293 Å². The van der Waals surface area contributed by atoms with Crippen molar-refractivity contribution < 1.29 is 0 Å². The monoisotopic (exact) mass is 650 g/mol. The Morgan fingerprint density at radius 2 is 0.745 bits per heavy atom. The van der Waals surface area contributed by atoms with Gasteiger partial charge in [0.25, 0.3) is 0 Å². The fraction of sp³-hybridized carbons (Fsp3) is 0. The van der Waals surface area contributed by atoms with Gasteiger partial charge in [-0.3, -0.25) is 4.57 Å². The Balaban J connectivity index is 1.13. The summed E-state index contributed by atoms with van der Waals surface area (Å²) in [7, 11) is 0. The van der Waals surface area contributed by atoms with Crippen LogP contribution >= 0.6 is 0 Å². The number of hydrogen-bond acceptors (Lipinski definition) is 1. The van der Waals surface area contributed by atoms with Gasteiger partial charge in [0.2, 0.25) is 0 Å². The van der Waals surface area contributed by atoms with Gasteiger partial charge in [-0.05, 0) is 78.9 Å². The third kappa shape index (κ3) is 4.11. The third-order valence-electron chi connectivity index (χ3n) is 10.4. The van der Waals surface area contributed by atoms with E-state index in [2.05, 4.69) is 196 Å². The van der Waals surface area contributed by atoms with Crippen LogP contribution in [0.1, 0.15) is 0 Å². The number of benzene rings is 7. The molecule has 4 nitrogen and oxygen atoms in total. The Morgan fingerprint density at radius 3 is 1.33 bits per heavy atom. The van der Waals surface area contributed by atoms with E-state index in [4.69, 9.17) is 4.98 Å². The van der Waals surface area contributed by atoms with Crippen LogP contribution in [0.4, 0.5) is 0 Å². The van der Waals surface area contributed by atoms with Gasteiger partial charge in [-0.2, -0.15) is 0 Å². The second-order valence-corrected chi connectivity index (χ2v) is 13.2. The summed E-state index contributed by atoms with van der Waals surface area (Å²) in [5, 5.41) is 7.33. The zero-order valence-corrected chi connectivity index (χ0v) is 27.6. The first-order valence-corrected chi connectivity index (χ1v) is 17.4. The van der Waals surface area contributed by atoms with Crippen LogP contribution in [-0.4, -0.2) is 18.7 Å². The second-order valence-electron chi connectivity index (χ2n) is 13.2.